The van der Waals surface area contributed by atoms with E-state index in [2.05, 4.69) is 62.4 Å². The van der Waals surface area contributed by atoms with Gasteiger partial charge >= 0.3 is 25.8 Å². The molecule has 16 heavy (non-hydrogen) atoms. The van der Waals surface area contributed by atoms with Crippen LogP contribution in [0, 0.1) is 0 Å². The van der Waals surface area contributed by atoms with Crippen molar-refractivity contribution in [1.82, 2.24) is 0 Å². The molecule has 0 fully saturated rings. The fraction of sp³-hybridized carbons (Fsp3) is 0.286. The summed E-state index contributed by atoms with van der Waals surface area (Å²) in [6.07, 6.45) is 2.32. The molecule has 0 heterocycles. The Balaban J connectivity index is 0. The number of halogens is 1. The van der Waals surface area contributed by atoms with Crippen LogP contribution in [0.4, 0.5) is 0 Å². The first-order valence-corrected chi connectivity index (χ1v) is 5.28. The molecule has 0 nitrogen and oxygen atoms in total. The average molecular weight is 267 g/mol. The van der Waals surface area contributed by atoms with Gasteiger partial charge in [0, 0.05) is 0 Å². The number of hydrogen-bond donors (Lipinski definition) is 0. The smallest absolute Gasteiger partial charge is 1.00 e. The molecular formula is C14H18ClSc. The van der Waals surface area contributed by atoms with Crippen molar-refractivity contribution in [3.8, 4) is 0 Å². The Morgan fingerprint density at radius 1 is 0.688 bits per heavy atom. The van der Waals surface area contributed by atoms with Crippen LogP contribution in [0.2, 0.25) is 0 Å². The van der Waals surface area contributed by atoms with E-state index >= 15 is 0 Å². The van der Waals surface area contributed by atoms with Crippen molar-refractivity contribution in [1.29, 1.82) is 0 Å². The zero-order valence-corrected chi connectivity index (χ0v) is 12.5. The van der Waals surface area contributed by atoms with Crippen LogP contribution in [-0.4, -0.2) is 0 Å². The maximum absolute atomic E-state index is 2.16. The van der Waals surface area contributed by atoms with Crippen molar-refractivity contribution in [2.24, 2.45) is 0 Å². The second-order valence-electron chi connectivity index (χ2n) is 3.29. The third-order valence-corrected chi connectivity index (χ3v) is 2.28. The van der Waals surface area contributed by atoms with Gasteiger partial charge in [-0.05, 0) is 0 Å². The third-order valence-electron chi connectivity index (χ3n) is 2.28. The van der Waals surface area contributed by atoms with Crippen LogP contribution in [0.15, 0.2) is 48.5 Å². The van der Waals surface area contributed by atoms with Crippen LogP contribution in [-0.2, 0) is 38.7 Å². The number of aryl methyl sites for hydroxylation is 2. The summed E-state index contributed by atoms with van der Waals surface area (Å²) in [6, 6.07) is 16.8. The largest absolute Gasteiger partial charge is 3.00 e. The molecule has 2 rings (SSSR count). The Kier molecular flexibility index (Phi) is 12.9. The van der Waals surface area contributed by atoms with E-state index in [-0.39, 0.29) is 38.3 Å². The zero-order valence-electron chi connectivity index (χ0n) is 9.99. The summed E-state index contributed by atoms with van der Waals surface area (Å²) in [5, 5.41) is 0. The molecule has 0 aliphatic carbocycles. The minimum Gasteiger partial charge on any atom is -1.00 e. The maximum atomic E-state index is 2.16. The van der Waals surface area contributed by atoms with E-state index in [4.69, 9.17) is 0 Å². The summed E-state index contributed by atoms with van der Waals surface area (Å²) in [4.78, 5) is 0. The maximum Gasteiger partial charge on any atom is 3.00 e. The van der Waals surface area contributed by atoms with Gasteiger partial charge in [0.2, 0.25) is 0 Å². The molecule has 0 saturated carbocycles. The predicted octanol–water partition coefficient (Wildman–Crippen LogP) is 0.937. The quantitative estimate of drug-likeness (QED) is 0.710. The van der Waals surface area contributed by atoms with E-state index in [9.17, 15) is 0 Å². The van der Waals surface area contributed by atoms with E-state index in [0.29, 0.717) is 0 Å². The molecule has 84 valence electrons. The Labute approximate surface area is 124 Å². The van der Waals surface area contributed by atoms with Gasteiger partial charge in [0.15, 0.2) is 0 Å². The average Bonchev–Trinajstić information content (AvgIpc) is 2.92. The molecule has 0 amide bonds. The van der Waals surface area contributed by atoms with Gasteiger partial charge in [-0.2, -0.15) is 35.4 Å². The molecule has 0 aliphatic heterocycles. The summed E-state index contributed by atoms with van der Waals surface area (Å²) in [5.41, 5.74) is 2.86. The summed E-state index contributed by atoms with van der Waals surface area (Å²) in [6.45, 7) is 4.32. The van der Waals surface area contributed by atoms with Crippen molar-refractivity contribution in [3.05, 3.63) is 59.7 Å². The molecule has 0 bridgehead atoms. The van der Waals surface area contributed by atoms with Crippen LogP contribution < -0.4 is 12.4 Å². The van der Waals surface area contributed by atoms with Gasteiger partial charge in [0.1, 0.15) is 0 Å². The first kappa shape index (κ1) is 18.2. The third kappa shape index (κ3) is 7.19. The Hall–Kier alpha value is -0.140. The normalized spacial score (nSPS) is 8.12. The van der Waals surface area contributed by atoms with E-state index in [1.807, 2.05) is 0 Å². The standard InChI is InChI=1S/2C7H9.ClH.Sc/c2*1-2-7-5-3-4-6-7;;/h2*3-6H,2H2,1H3;1H;/q2*-1;;+3/p-1. The SMILES string of the molecule is CC[c-]1cccc1.CC[c-]1cccc1.[Cl-].[Sc+3]. The fourth-order valence-electron chi connectivity index (χ4n) is 1.30. The molecule has 0 unspecified atom stereocenters. The van der Waals surface area contributed by atoms with E-state index in [1.54, 1.807) is 0 Å². The number of rotatable bonds is 2. The van der Waals surface area contributed by atoms with E-state index in [1.165, 1.54) is 11.1 Å². The number of hydrogen-bond acceptors (Lipinski definition) is 0. The first-order chi connectivity index (χ1) is 6.86. The van der Waals surface area contributed by atoms with Gasteiger partial charge in [-0.3, -0.25) is 0 Å². The Morgan fingerprint density at radius 2 is 0.938 bits per heavy atom. The van der Waals surface area contributed by atoms with Gasteiger partial charge in [0.05, 0.1) is 0 Å². The molecular weight excluding hydrogens is 249 g/mol. The van der Waals surface area contributed by atoms with Crippen LogP contribution in [0.3, 0.4) is 0 Å². The van der Waals surface area contributed by atoms with Gasteiger partial charge in [-0.15, -0.1) is 0 Å². The van der Waals surface area contributed by atoms with Crippen LogP contribution >= 0.6 is 0 Å². The molecule has 0 saturated heterocycles. The van der Waals surface area contributed by atoms with Crippen molar-refractivity contribution in [3.63, 3.8) is 0 Å². The molecule has 0 atom stereocenters. The van der Waals surface area contributed by atoms with Gasteiger partial charge in [-0.25, -0.2) is 24.3 Å². The molecule has 0 radical (unpaired) electrons. The molecule has 0 spiro atoms. The van der Waals surface area contributed by atoms with Gasteiger partial charge in [-0.1, -0.05) is 26.7 Å². The van der Waals surface area contributed by atoms with Crippen molar-refractivity contribution in [2.75, 3.05) is 0 Å². The van der Waals surface area contributed by atoms with Gasteiger partial charge in [0.25, 0.3) is 0 Å². The monoisotopic (exact) mass is 266 g/mol. The van der Waals surface area contributed by atoms with Crippen LogP contribution in [0.5, 0.6) is 0 Å². The molecule has 2 aromatic rings. The Bertz CT molecular complexity index is 274. The summed E-state index contributed by atoms with van der Waals surface area (Å²) in [5.74, 6) is 0. The summed E-state index contributed by atoms with van der Waals surface area (Å²) >= 11 is 0. The minimum absolute atomic E-state index is 0. The topological polar surface area (TPSA) is 0 Å². The molecule has 2 aromatic carbocycles. The summed E-state index contributed by atoms with van der Waals surface area (Å²) in [7, 11) is 0. The molecule has 2 heteroatoms. The van der Waals surface area contributed by atoms with Crippen molar-refractivity contribution < 1.29 is 38.3 Å². The van der Waals surface area contributed by atoms with E-state index < -0.39 is 0 Å². The van der Waals surface area contributed by atoms with Crippen LogP contribution in [0.25, 0.3) is 0 Å². The second-order valence-corrected chi connectivity index (χ2v) is 3.29. The zero-order chi connectivity index (χ0) is 10.2. The van der Waals surface area contributed by atoms with Crippen LogP contribution in [0.1, 0.15) is 25.0 Å². The van der Waals surface area contributed by atoms with Crippen molar-refractivity contribution >= 4 is 0 Å². The predicted molar refractivity (Wildman–Crippen MR) is 62.8 cm³/mol. The molecule has 0 N–H and O–H groups in total. The first-order valence-electron chi connectivity index (χ1n) is 5.28. The van der Waals surface area contributed by atoms with Gasteiger partial charge < -0.3 is 12.4 Å². The molecule has 0 aromatic heterocycles. The fourth-order valence-corrected chi connectivity index (χ4v) is 1.30. The van der Waals surface area contributed by atoms with Crippen molar-refractivity contribution in [2.45, 2.75) is 26.7 Å². The van der Waals surface area contributed by atoms with E-state index in [0.717, 1.165) is 12.8 Å². The minimum atomic E-state index is 0. The molecule has 0 aliphatic rings. The second kappa shape index (κ2) is 11.3. The Morgan fingerprint density at radius 3 is 1.06 bits per heavy atom. The summed E-state index contributed by atoms with van der Waals surface area (Å²) < 4.78 is 0.